The van der Waals surface area contributed by atoms with E-state index < -0.39 is 0 Å². The minimum atomic E-state index is -0.106. The summed E-state index contributed by atoms with van der Waals surface area (Å²) in [5.41, 5.74) is 0. The summed E-state index contributed by atoms with van der Waals surface area (Å²) < 4.78 is 0. The fourth-order valence-electron chi connectivity index (χ4n) is 0.816. The molecule has 0 aromatic rings. The van der Waals surface area contributed by atoms with Crippen LogP contribution >= 0.6 is 0 Å². The molecule has 0 rings (SSSR count). The van der Waals surface area contributed by atoms with Gasteiger partial charge in [-0.15, -0.1) is 0 Å². The maximum atomic E-state index is 9.30. The van der Waals surface area contributed by atoms with Crippen molar-refractivity contribution in [3.05, 3.63) is 0 Å². The SMILES string of the molecule is CC[C@H](O)[C@@H](C)C(C)C. The van der Waals surface area contributed by atoms with Gasteiger partial charge in [-0.3, -0.25) is 0 Å². The Balaban J connectivity index is 3.58. The minimum absolute atomic E-state index is 0.106. The van der Waals surface area contributed by atoms with Crippen molar-refractivity contribution in [2.45, 2.75) is 40.2 Å². The second kappa shape index (κ2) is 3.89. The van der Waals surface area contributed by atoms with E-state index in [1.165, 1.54) is 0 Å². The number of hydrogen-bond acceptors (Lipinski definition) is 1. The van der Waals surface area contributed by atoms with E-state index in [2.05, 4.69) is 20.8 Å². The van der Waals surface area contributed by atoms with E-state index in [0.29, 0.717) is 11.8 Å². The van der Waals surface area contributed by atoms with Gasteiger partial charge in [0.05, 0.1) is 6.10 Å². The molecule has 0 aromatic carbocycles. The van der Waals surface area contributed by atoms with Gasteiger partial charge >= 0.3 is 0 Å². The quantitative estimate of drug-likeness (QED) is 0.620. The number of aliphatic hydroxyl groups excluding tert-OH is 1. The molecule has 1 heteroatoms. The molecule has 0 aliphatic heterocycles. The van der Waals surface area contributed by atoms with Gasteiger partial charge in [0.15, 0.2) is 0 Å². The number of rotatable bonds is 3. The third kappa shape index (κ3) is 2.85. The normalized spacial score (nSPS) is 18.0. The average molecular weight is 130 g/mol. The predicted molar refractivity (Wildman–Crippen MR) is 40.3 cm³/mol. The Bertz CT molecular complexity index is 69.0. The molecular weight excluding hydrogens is 112 g/mol. The lowest BCUT2D eigenvalue weighted by atomic mass is 9.91. The summed E-state index contributed by atoms with van der Waals surface area (Å²) in [5, 5.41) is 9.30. The number of hydrogen-bond donors (Lipinski definition) is 1. The third-order valence-corrected chi connectivity index (χ3v) is 2.08. The first-order valence-corrected chi connectivity index (χ1v) is 3.77. The zero-order valence-electron chi connectivity index (χ0n) is 6.89. The highest BCUT2D eigenvalue weighted by Gasteiger charge is 2.14. The lowest BCUT2D eigenvalue weighted by Crippen LogP contribution is -2.20. The molecule has 9 heavy (non-hydrogen) atoms. The predicted octanol–water partition coefficient (Wildman–Crippen LogP) is 2.05. The second-order valence-electron chi connectivity index (χ2n) is 3.08. The Morgan fingerprint density at radius 1 is 1.22 bits per heavy atom. The highest BCUT2D eigenvalue weighted by molar-refractivity contribution is 4.64. The molecule has 2 atom stereocenters. The summed E-state index contributed by atoms with van der Waals surface area (Å²) in [4.78, 5) is 0. The largest absolute Gasteiger partial charge is 0.393 e. The van der Waals surface area contributed by atoms with Crippen LogP contribution < -0.4 is 0 Å². The van der Waals surface area contributed by atoms with E-state index in [1.54, 1.807) is 0 Å². The van der Waals surface area contributed by atoms with Gasteiger partial charge in [-0.05, 0) is 18.3 Å². The Morgan fingerprint density at radius 2 is 1.67 bits per heavy atom. The van der Waals surface area contributed by atoms with Crippen LogP contribution in [0.15, 0.2) is 0 Å². The van der Waals surface area contributed by atoms with Crippen molar-refractivity contribution in [3.8, 4) is 0 Å². The van der Waals surface area contributed by atoms with Crippen LogP contribution in [0, 0.1) is 11.8 Å². The summed E-state index contributed by atoms with van der Waals surface area (Å²) in [6, 6.07) is 0. The van der Waals surface area contributed by atoms with E-state index >= 15 is 0 Å². The van der Waals surface area contributed by atoms with Crippen molar-refractivity contribution in [2.24, 2.45) is 11.8 Å². The molecule has 0 radical (unpaired) electrons. The maximum Gasteiger partial charge on any atom is 0.0565 e. The molecule has 0 saturated carbocycles. The van der Waals surface area contributed by atoms with Gasteiger partial charge in [0.1, 0.15) is 0 Å². The first kappa shape index (κ1) is 8.96. The van der Waals surface area contributed by atoms with Gasteiger partial charge in [0.25, 0.3) is 0 Å². The van der Waals surface area contributed by atoms with Crippen LogP contribution in [0.2, 0.25) is 0 Å². The fourth-order valence-corrected chi connectivity index (χ4v) is 0.816. The van der Waals surface area contributed by atoms with Crippen LogP contribution in [0.1, 0.15) is 34.1 Å². The van der Waals surface area contributed by atoms with E-state index in [4.69, 9.17) is 0 Å². The summed E-state index contributed by atoms with van der Waals surface area (Å²) in [7, 11) is 0. The first-order valence-electron chi connectivity index (χ1n) is 3.77. The van der Waals surface area contributed by atoms with Gasteiger partial charge in [-0.25, -0.2) is 0 Å². The Kier molecular flexibility index (Phi) is 3.87. The van der Waals surface area contributed by atoms with Crippen LogP contribution in [0.5, 0.6) is 0 Å². The molecule has 0 spiro atoms. The van der Waals surface area contributed by atoms with Crippen molar-refractivity contribution in [2.75, 3.05) is 0 Å². The molecular formula is C8H18O. The standard InChI is InChI=1S/C8H18O/c1-5-8(9)7(4)6(2)3/h6-9H,5H2,1-4H3/t7-,8-/m0/s1. The lowest BCUT2D eigenvalue weighted by molar-refractivity contribution is 0.0884. The lowest BCUT2D eigenvalue weighted by Gasteiger charge is -2.20. The molecule has 0 unspecified atom stereocenters. The Hall–Kier alpha value is -0.0400. The zero-order chi connectivity index (χ0) is 7.44. The van der Waals surface area contributed by atoms with Crippen molar-refractivity contribution in [3.63, 3.8) is 0 Å². The molecule has 0 amide bonds. The smallest absolute Gasteiger partial charge is 0.0565 e. The maximum absolute atomic E-state index is 9.30. The summed E-state index contributed by atoms with van der Waals surface area (Å²) >= 11 is 0. The third-order valence-electron chi connectivity index (χ3n) is 2.08. The van der Waals surface area contributed by atoms with Crippen LogP contribution in [-0.4, -0.2) is 11.2 Å². The fraction of sp³-hybridized carbons (Fsp3) is 1.00. The molecule has 56 valence electrons. The molecule has 0 aliphatic carbocycles. The molecule has 0 bridgehead atoms. The highest BCUT2D eigenvalue weighted by Crippen LogP contribution is 2.15. The molecule has 0 fully saturated rings. The van der Waals surface area contributed by atoms with E-state index in [9.17, 15) is 5.11 Å². The zero-order valence-corrected chi connectivity index (χ0v) is 6.89. The van der Waals surface area contributed by atoms with Crippen LogP contribution in [-0.2, 0) is 0 Å². The summed E-state index contributed by atoms with van der Waals surface area (Å²) in [6.07, 6.45) is 0.768. The molecule has 0 aromatic heterocycles. The van der Waals surface area contributed by atoms with E-state index in [1.807, 2.05) is 6.92 Å². The van der Waals surface area contributed by atoms with Gasteiger partial charge in [-0.2, -0.15) is 0 Å². The highest BCUT2D eigenvalue weighted by atomic mass is 16.3. The van der Waals surface area contributed by atoms with Gasteiger partial charge in [0.2, 0.25) is 0 Å². The van der Waals surface area contributed by atoms with Gasteiger partial charge in [0, 0.05) is 0 Å². The van der Waals surface area contributed by atoms with E-state index in [-0.39, 0.29) is 6.10 Å². The van der Waals surface area contributed by atoms with Crippen molar-refractivity contribution >= 4 is 0 Å². The van der Waals surface area contributed by atoms with E-state index in [0.717, 1.165) is 6.42 Å². The summed E-state index contributed by atoms with van der Waals surface area (Å²) in [6.45, 7) is 8.40. The molecule has 0 heterocycles. The second-order valence-corrected chi connectivity index (χ2v) is 3.08. The Labute approximate surface area is 58.1 Å². The van der Waals surface area contributed by atoms with Crippen LogP contribution in [0.4, 0.5) is 0 Å². The molecule has 0 saturated heterocycles. The Morgan fingerprint density at radius 3 is 1.78 bits per heavy atom. The van der Waals surface area contributed by atoms with Crippen molar-refractivity contribution in [1.82, 2.24) is 0 Å². The van der Waals surface area contributed by atoms with Gasteiger partial charge < -0.3 is 5.11 Å². The minimum Gasteiger partial charge on any atom is -0.393 e. The average Bonchev–Trinajstić information content (AvgIpc) is 1.84. The first-order chi connectivity index (χ1) is 4.09. The summed E-state index contributed by atoms with van der Waals surface area (Å²) in [5.74, 6) is 1.04. The van der Waals surface area contributed by atoms with Crippen LogP contribution in [0.3, 0.4) is 0 Å². The van der Waals surface area contributed by atoms with Crippen LogP contribution in [0.25, 0.3) is 0 Å². The van der Waals surface area contributed by atoms with Crippen molar-refractivity contribution < 1.29 is 5.11 Å². The molecule has 0 aliphatic rings. The molecule has 1 N–H and O–H groups in total. The van der Waals surface area contributed by atoms with Crippen molar-refractivity contribution in [1.29, 1.82) is 0 Å². The number of aliphatic hydroxyl groups is 1. The monoisotopic (exact) mass is 130 g/mol. The molecule has 1 nitrogen and oxygen atoms in total. The topological polar surface area (TPSA) is 20.2 Å². The van der Waals surface area contributed by atoms with Gasteiger partial charge in [-0.1, -0.05) is 27.7 Å².